The van der Waals surface area contributed by atoms with E-state index in [0.29, 0.717) is 17.2 Å². The fourth-order valence-corrected chi connectivity index (χ4v) is 5.17. The number of aryl methyl sites for hydroxylation is 1. The van der Waals surface area contributed by atoms with E-state index in [0.717, 1.165) is 30.1 Å². The van der Waals surface area contributed by atoms with Gasteiger partial charge < -0.3 is 10.2 Å². The highest BCUT2D eigenvalue weighted by Crippen LogP contribution is 2.31. The molecule has 5 rings (SSSR count). The van der Waals surface area contributed by atoms with Gasteiger partial charge in [0.2, 0.25) is 11.1 Å². The van der Waals surface area contributed by atoms with Crippen molar-refractivity contribution in [1.29, 1.82) is 0 Å². The van der Waals surface area contributed by atoms with Gasteiger partial charge in [-0.25, -0.2) is 22.7 Å². The maximum atomic E-state index is 14.4. The Bertz CT molecular complexity index is 1310. The van der Waals surface area contributed by atoms with Gasteiger partial charge in [-0.2, -0.15) is 9.36 Å². The molecular formula is C22H22F3N7S. The number of hydrogen-bond donors (Lipinski definition) is 1. The summed E-state index contributed by atoms with van der Waals surface area (Å²) in [5.41, 5.74) is 0.616. The summed E-state index contributed by atoms with van der Waals surface area (Å²) in [4.78, 5) is 11.3. The molecule has 7 nitrogen and oxygen atoms in total. The van der Waals surface area contributed by atoms with Gasteiger partial charge in [0.25, 0.3) is 0 Å². The number of nitrogens with zero attached hydrogens (tertiary/aromatic N) is 6. The fraction of sp³-hybridized carbons (Fsp3) is 0.364. The maximum absolute atomic E-state index is 14.4. The lowest BCUT2D eigenvalue weighted by Crippen LogP contribution is -2.50. The predicted molar refractivity (Wildman–Crippen MR) is 121 cm³/mol. The minimum absolute atomic E-state index is 0.0687. The summed E-state index contributed by atoms with van der Waals surface area (Å²) in [5, 5.41) is 8.84. The highest BCUT2D eigenvalue weighted by Gasteiger charge is 2.34. The van der Waals surface area contributed by atoms with Crippen LogP contribution < -0.4 is 10.2 Å². The molecule has 1 aliphatic heterocycles. The van der Waals surface area contributed by atoms with Crippen molar-refractivity contribution in [3.8, 4) is 11.1 Å². The molecule has 1 N–H and O–H groups in total. The molecule has 3 atom stereocenters. The van der Waals surface area contributed by atoms with Crippen molar-refractivity contribution < 1.29 is 13.2 Å². The minimum atomic E-state index is -1.51. The molecule has 4 aromatic rings. The number of anilines is 2. The average molecular weight is 474 g/mol. The summed E-state index contributed by atoms with van der Waals surface area (Å²) in [5.74, 6) is -2.27. The van der Waals surface area contributed by atoms with Gasteiger partial charge in [0.15, 0.2) is 23.1 Å². The fourth-order valence-electron chi connectivity index (χ4n) is 4.47. The number of halogens is 3. The van der Waals surface area contributed by atoms with Gasteiger partial charge in [0.05, 0.1) is 0 Å². The first-order chi connectivity index (χ1) is 15.8. The quantitative estimate of drug-likeness (QED) is 0.439. The molecule has 1 aliphatic rings. The van der Waals surface area contributed by atoms with E-state index >= 15 is 0 Å². The number of aromatic nitrogens is 5. The molecule has 1 aromatic carbocycles. The molecule has 0 bridgehead atoms. The summed E-state index contributed by atoms with van der Waals surface area (Å²) < 4.78 is 47.4. The number of fused-ring (bicyclic) bond motifs is 1. The van der Waals surface area contributed by atoms with E-state index in [2.05, 4.69) is 43.5 Å². The van der Waals surface area contributed by atoms with E-state index in [1.807, 2.05) is 6.92 Å². The van der Waals surface area contributed by atoms with E-state index in [1.165, 1.54) is 22.1 Å². The van der Waals surface area contributed by atoms with E-state index in [-0.39, 0.29) is 23.4 Å². The summed E-state index contributed by atoms with van der Waals surface area (Å²) in [6.07, 6.45) is 1.68. The number of piperidine rings is 1. The van der Waals surface area contributed by atoms with E-state index in [4.69, 9.17) is 0 Å². The monoisotopic (exact) mass is 473 g/mol. The number of benzene rings is 1. The first kappa shape index (κ1) is 21.6. The Balaban J connectivity index is 1.41. The number of rotatable bonds is 4. The van der Waals surface area contributed by atoms with E-state index in [9.17, 15) is 13.2 Å². The molecule has 1 saturated heterocycles. The normalized spacial score (nSPS) is 21.0. The van der Waals surface area contributed by atoms with Crippen molar-refractivity contribution in [3.05, 3.63) is 53.7 Å². The van der Waals surface area contributed by atoms with Gasteiger partial charge in [-0.05, 0) is 43.0 Å². The first-order valence-corrected chi connectivity index (χ1v) is 11.4. The van der Waals surface area contributed by atoms with Crippen molar-refractivity contribution in [2.24, 2.45) is 11.8 Å². The third-order valence-corrected chi connectivity index (χ3v) is 6.88. The lowest BCUT2D eigenvalue weighted by molar-refractivity contribution is 0.317. The molecule has 4 heterocycles. The zero-order chi connectivity index (χ0) is 23.3. The summed E-state index contributed by atoms with van der Waals surface area (Å²) >= 11 is 1.41. The molecule has 0 radical (unpaired) electrons. The number of pyridine rings is 1. The SMILES string of the molecule is Cc1nsc(N2C[C@@H](C)[C@@H](Nc3nc4c(-c5ccc(F)c(F)c5F)cccn4n3)[C@@H](C)C2)n1. The van der Waals surface area contributed by atoms with Crippen molar-refractivity contribution in [3.63, 3.8) is 0 Å². The molecule has 3 aromatic heterocycles. The van der Waals surface area contributed by atoms with Crippen LogP contribution in [-0.2, 0) is 0 Å². The Morgan fingerprint density at radius 3 is 2.45 bits per heavy atom. The van der Waals surface area contributed by atoms with Crippen LogP contribution in [0.5, 0.6) is 0 Å². The van der Waals surface area contributed by atoms with Gasteiger partial charge >= 0.3 is 0 Å². The Morgan fingerprint density at radius 1 is 1.00 bits per heavy atom. The molecule has 0 aliphatic carbocycles. The van der Waals surface area contributed by atoms with Gasteiger partial charge in [0, 0.05) is 48.0 Å². The van der Waals surface area contributed by atoms with E-state index < -0.39 is 17.5 Å². The van der Waals surface area contributed by atoms with Crippen LogP contribution in [0, 0.1) is 36.2 Å². The highest BCUT2D eigenvalue weighted by molar-refractivity contribution is 7.09. The van der Waals surface area contributed by atoms with Gasteiger partial charge in [-0.15, -0.1) is 5.10 Å². The second-order valence-electron chi connectivity index (χ2n) is 8.50. The van der Waals surface area contributed by atoms with Crippen LogP contribution in [0.15, 0.2) is 30.5 Å². The molecule has 172 valence electrons. The van der Waals surface area contributed by atoms with Crippen LogP contribution >= 0.6 is 11.5 Å². The smallest absolute Gasteiger partial charge is 0.243 e. The van der Waals surface area contributed by atoms with Crippen molar-refractivity contribution in [2.45, 2.75) is 26.8 Å². The summed E-state index contributed by atoms with van der Waals surface area (Å²) in [6, 6.07) is 5.49. The Labute approximate surface area is 192 Å². The summed E-state index contributed by atoms with van der Waals surface area (Å²) in [6.45, 7) is 7.83. The maximum Gasteiger partial charge on any atom is 0.243 e. The third-order valence-electron chi connectivity index (χ3n) is 6.01. The zero-order valence-corrected chi connectivity index (χ0v) is 19.1. The third kappa shape index (κ3) is 3.90. The van der Waals surface area contributed by atoms with Crippen molar-refractivity contribution >= 4 is 28.3 Å². The van der Waals surface area contributed by atoms with Crippen LogP contribution in [-0.4, -0.2) is 43.1 Å². The molecule has 33 heavy (non-hydrogen) atoms. The zero-order valence-electron chi connectivity index (χ0n) is 18.3. The second kappa shape index (κ2) is 8.29. The topological polar surface area (TPSA) is 71.2 Å². The van der Waals surface area contributed by atoms with Crippen LogP contribution in [0.2, 0.25) is 0 Å². The van der Waals surface area contributed by atoms with Crippen LogP contribution in [0.3, 0.4) is 0 Å². The van der Waals surface area contributed by atoms with Crippen LogP contribution in [0.1, 0.15) is 19.7 Å². The van der Waals surface area contributed by atoms with Gasteiger partial charge in [0.1, 0.15) is 5.82 Å². The predicted octanol–water partition coefficient (Wildman–Crippen LogP) is 4.55. The average Bonchev–Trinajstić information content (AvgIpc) is 3.40. The minimum Gasteiger partial charge on any atom is -0.350 e. The lowest BCUT2D eigenvalue weighted by Gasteiger charge is -2.41. The Morgan fingerprint density at radius 2 is 1.76 bits per heavy atom. The molecule has 11 heteroatoms. The van der Waals surface area contributed by atoms with E-state index in [1.54, 1.807) is 18.3 Å². The largest absolute Gasteiger partial charge is 0.350 e. The number of nitrogens with one attached hydrogen (secondary N) is 1. The highest BCUT2D eigenvalue weighted by atomic mass is 32.1. The van der Waals surface area contributed by atoms with Crippen LogP contribution in [0.4, 0.5) is 24.3 Å². The summed E-state index contributed by atoms with van der Waals surface area (Å²) in [7, 11) is 0. The van der Waals surface area contributed by atoms with Gasteiger partial charge in [-0.3, -0.25) is 0 Å². The lowest BCUT2D eigenvalue weighted by atomic mass is 9.86. The molecule has 0 unspecified atom stereocenters. The van der Waals surface area contributed by atoms with Crippen molar-refractivity contribution in [2.75, 3.05) is 23.3 Å². The molecule has 1 fully saturated rings. The first-order valence-electron chi connectivity index (χ1n) is 10.6. The Hall–Kier alpha value is -3.21. The standard InChI is InChI=1S/C22H22F3N7S/c1-11-9-31(22-26-13(3)30-33-22)10-12(2)19(11)27-21-28-20-15(5-4-8-32(20)29-21)14-6-7-16(23)18(25)17(14)24/h4-8,11-12,19H,9-10H2,1-3H3,(H,27,29)/t11-,12+,19-. The molecule has 0 amide bonds. The molecular weight excluding hydrogens is 451 g/mol. The second-order valence-corrected chi connectivity index (χ2v) is 9.23. The Kier molecular flexibility index (Phi) is 5.43. The molecule has 0 spiro atoms. The van der Waals surface area contributed by atoms with Crippen molar-refractivity contribution in [1.82, 2.24) is 24.0 Å². The molecule has 0 saturated carbocycles. The van der Waals surface area contributed by atoms with Gasteiger partial charge in [-0.1, -0.05) is 13.8 Å². The van der Waals surface area contributed by atoms with Crippen LogP contribution in [0.25, 0.3) is 16.8 Å². The number of hydrogen-bond acceptors (Lipinski definition) is 7.